The zero-order valence-corrected chi connectivity index (χ0v) is 11.2. The molecule has 0 amide bonds. The van der Waals surface area contributed by atoms with Gasteiger partial charge in [0.2, 0.25) is 0 Å². The number of ether oxygens (including phenoxy) is 1. The highest BCUT2D eigenvalue weighted by molar-refractivity contribution is 14.1. The molecule has 0 radical (unpaired) electrons. The molecule has 82 valence electrons. The van der Waals surface area contributed by atoms with Crippen LogP contribution in [0.5, 0.6) is 0 Å². The smallest absolute Gasteiger partial charge is 0.341 e. The predicted octanol–water partition coefficient (Wildman–Crippen LogP) is 3.17. The van der Waals surface area contributed by atoms with Crippen LogP contribution < -0.4 is 0 Å². The lowest BCUT2D eigenvalue weighted by atomic mass is 10.2. The van der Waals surface area contributed by atoms with Crippen molar-refractivity contribution < 1.29 is 18.3 Å². The van der Waals surface area contributed by atoms with Crippen molar-refractivity contribution in [3.8, 4) is 0 Å². The van der Waals surface area contributed by atoms with E-state index in [-0.39, 0.29) is 10.0 Å². The molecule has 0 aliphatic heterocycles. The maximum absolute atomic E-state index is 12.5. The first-order valence-electron chi connectivity index (χ1n) is 3.69. The minimum atomic E-state index is -2.81. The number of halogens is 4. The van der Waals surface area contributed by atoms with Gasteiger partial charge >= 0.3 is 5.97 Å². The first-order valence-corrected chi connectivity index (χ1v) is 5.56. The number of carbonyl (C=O) groups is 1. The van der Waals surface area contributed by atoms with Gasteiger partial charge in [-0.2, -0.15) is 0 Å². The summed E-state index contributed by atoms with van der Waals surface area (Å²) in [6.07, 6.45) is -1.55. The van der Waals surface area contributed by atoms with Gasteiger partial charge in [-0.05, 0) is 38.5 Å². The van der Waals surface area contributed by atoms with E-state index in [2.05, 4.69) is 25.7 Å². The summed E-state index contributed by atoms with van der Waals surface area (Å²) in [4.78, 5) is 14.8. The Kier molecular flexibility index (Phi) is 4.38. The Bertz CT molecular complexity index is 400. The molecule has 7 heteroatoms. The van der Waals surface area contributed by atoms with Gasteiger partial charge in [0.15, 0.2) is 0 Å². The van der Waals surface area contributed by atoms with Crippen molar-refractivity contribution in [3.05, 3.63) is 25.5 Å². The number of carbonyl (C=O) groups excluding carboxylic acids is 1. The normalized spacial score (nSPS) is 10.5. The van der Waals surface area contributed by atoms with Gasteiger partial charge in [0.25, 0.3) is 6.43 Å². The number of aromatic nitrogens is 1. The highest BCUT2D eigenvalue weighted by Crippen LogP contribution is 2.30. The van der Waals surface area contributed by atoms with Crippen LogP contribution in [0, 0.1) is 3.57 Å². The molecule has 0 aromatic carbocycles. The van der Waals surface area contributed by atoms with Crippen LogP contribution in [-0.4, -0.2) is 18.1 Å². The molecule has 0 unspecified atom stereocenters. The molecule has 1 aromatic rings. The Hall–Kier alpha value is -0.310. The Labute approximate surface area is 106 Å². The fourth-order valence-electron chi connectivity index (χ4n) is 0.941. The van der Waals surface area contributed by atoms with E-state index in [1.54, 1.807) is 0 Å². The lowest BCUT2D eigenvalue weighted by molar-refractivity contribution is 0.0585. The fourth-order valence-corrected chi connectivity index (χ4v) is 1.82. The first kappa shape index (κ1) is 12.8. The SMILES string of the molecule is COC(=O)c1c(C(F)F)ncc(I)c1Br. The zero-order valence-electron chi connectivity index (χ0n) is 7.43. The third-order valence-electron chi connectivity index (χ3n) is 1.60. The van der Waals surface area contributed by atoms with E-state index in [1.165, 1.54) is 6.20 Å². The van der Waals surface area contributed by atoms with Crippen LogP contribution in [0.15, 0.2) is 10.7 Å². The second kappa shape index (κ2) is 5.15. The quantitative estimate of drug-likeness (QED) is 0.574. The number of alkyl halides is 2. The lowest BCUT2D eigenvalue weighted by Gasteiger charge is -2.09. The highest BCUT2D eigenvalue weighted by atomic mass is 127. The van der Waals surface area contributed by atoms with Gasteiger partial charge < -0.3 is 4.74 Å². The molecule has 0 aliphatic rings. The third kappa shape index (κ3) is 2.63. The first-order chi connectivity index (χ1) is 6.99. The summed E-state index contributed by atoms with van der Waals surface area (Å²) in [7, 11) is 1.13. The number of pyridine rings is 1. The van der Waals surface area contributed by atoms with Crippen molar-refractivity contribution in [1.82, 2.24) is 4.98 Å². The van der Waals surface area contributed by atoms with Gasteiger partial charge in [-0.3, -0.25) is 4.98 Å². The van der Waals surface area contributed by atoms with Crippen molar-refractivity contribution in [3.63, 3.8) is 0 Å². The van der Waals surface area contributed by atoms with Gasteiger partial charge in [0.1, 0.15) is 11.3 Å². The second-order valence-corrected chi connectivity index (χ2v) is 4.43. The maximum atomic E-state index is 12.5. The average molecular weight is 392 g/mol. The molecular formula is C8H5BrF2INO2. The summed E-state index contributed by atoms with van der Waals surface area (Å²) in [5.74, 6) is -0.830. The molecular weight excluding hydrogens is 387 g/mol. The Morgan fingerprint density at radius 3 is 2.73 bits per heavy atom. The number of hydrogen-bond acceptors (Lipinski definition) is 3. The molecule has 1 heterocycles. The number of rotatable bonds is 2. The number of hydrogen-bond donors (Lipinski definition) is 0. The van der Waals surface area contributed by atoms with Crippen LogP contribution in [0.4, 0.5) is 8.78 Å². The monoisotopic (exact) mass is 391 g/mol. The van der Waals surface area contributed by atoms with E-state index in [1.807, 2.05) is 22.6 Å². The summed E-state index contributed by atoms with van der Waals surface area (Å²) in [5.41, 5.74) is -0.798. The average Bonchev–Trinajstić information content (AvgIpc) is 2.20. The predicted molar refractivity (Wildman–Crippen MR) is 61.0 cm³/mol. The standard InChI is InChI=1S/C8H5BrF2INO2/c1-15-8(14)4-5(9)3(12)2-13-6(4)7(10)11/h2,7H,1H3. The van der Waals surface area contributed by atoms with Crippen molar-refractivity contribution in [2.45, 2.75) is 6.43 Å². The molecule has 1 aromatic heterocycles. The van der Waals surface area contributed by atoms with Crippen molar-refractivity contribution in [2.24, 2.45) is 0 Å². The molecule has 0 aliphatic carbocycles. The van der Waals surface area contributed by atoms with E-state index in [0.29, 0.717) is 3.57 Å². The Balaban J connectivity index is 3.41. The maximum Gasteiger partial charge on any atom is 0.341 e. The van der Waals surface area contributed by atoms with E-state index in [4.69, 9.17) is 0 Å². The Morgan fingerprint density at radius 2 is 2.27 bits per heavy atom. The van der Waals surface area contributed by atoms with Crippen molar-refractivity contribution >= 4 is 44.5 Å². The molecule has 0 fully saturated rings. The number of esters is 1. The molecule has 1 rings (SSSR count). The van der Waals surface area contributed by atoms with E-state index < -0.39 is 18.1 Å². The van der Waals surface area contributed by atoms with Gasteiger partial charge in [-0.25, -0.2) is 13.6 Å². The summed E-state index contributed by atoms with van der Waals surface area (Å²) in [6.45, 7) is 0. The lowest BCUT2D eigenvalue weighted by Crippen LogP contribution is -2.10. The van der Waals surface area contributed by atoms with Crippen LogP contribution in [0.2, 0.25) is 0 Å². The van der Waals surface area contributed by atoms with Crippen LogP contribution in [0.25, 0.3) is 0 Å². The topological polar surface area (TPSA) is 39.2 Å². The van der Waals surface area contributed by atoms with Gasteiger partial charge in [-0.1, -0.05) is 0 Å². The minimum Gasteiger partial charge on any atom is -0.465 e. The summed E-state index contributed by atoms with van der Waals surface area (Å²) < 4.78 is 30.3. The van der Waals surface area contributed by atoms with Gasteiger partial charge in [-0.15, -0.1) is 0 Å². The molecule has 3 nitrogen and oxygen atoms in total. The van der Waals surface area contributed by atoms with E-state index in [0.717, 1.165) is 7.11 Å². The largest absolute Gasteiger partial charge is 0.465 e. The van der Waals surface area contributed by atoms with E-state index in [9.17, 15) is 13.6 Å². The van der Waals surface area contributed by atoms with Gasteiger partial charge in [0, 0.05) is 14.2 Å². The highest BCUT2D eigenvalue weighted by Gasteiger charge is 2.24. The zero-order chi connectivity index (χ0) is 11.6. The van der Waals surface area contributed by atoms with Crippen LogP contribution >= 0.6 is 38.5 Å². The molecule has 0 bridgehead atoms. The molecule has 0 saturated heterocycles. The number of nitrogens with zero attached hydrogens (tertiary/aromatic N) is 1. The van der Waals surface area contributed by atoms with E-state index >= 15 is 0 Å². The minimum absolute atomic E-state index is 0.223. The molecule has 0 spiro atoms. The van der Waals surface area contributed by atoms with Crippen LogP contribution in [-0.2, 0) is 4.74 Å². The molecule has 0 atom stereocenters. The molecule has 0 saturated carbocycles. The molecule has 15 heavy (non-hydrogen) atoms. The summed E-state index contributed by atoms with van der Waals surface area (Å²) in [5, 5.41) is 0. The van der Waals surface area contributed by atoms with Gasteiger partial charge in [0.05, 0.1) is 7.11 Å². The third-order valence-corrected chi connectivity index (χ3v) is 3.98. The fraction of sp³-hybridized carbons (Fsp3) is 0.250. The molecule has 0 N–H and O–H groups in total. The van der Waals surface area contributed by atoms with Crippen molar-refractivity contribution in [2.75, 3.05) is 7.11 Å². The van der Waals surface area contributed by atoms with Crippen molar-refractivity contribution in [1.29, 1.82) is 0 Å². The van der Waals surface area contributed by atoms with Crippen LogP contribution in [0.3, 0.4) is 0 Å². The Morgan fingerprint density at radius 1 is 1.67 bits per heavy atom. The second-order valence-electron chi connectivity index (χ2n) is 2.47. The summed E-state index contributed by atoms with van der Waals surface area (Å²) in [6, 6.07) is 0. The van der Waals surface area contributed by atoms with Crippen LogP contribution in [0.1, 0.15) is 22.5 Å². The number of methoxy groups -OCH3 is 1. The summed E-state index contributed by atoms with van der Waals surface area (Å²) >= 11 is 4.94.